The predicted molar refractivity (Wildman–Crippen MR) is 91.3 cm³/mol. The predicted octanol–water partition coefficient (Wildman–Crippen LogP) is 4.55. The van der Waals surface area contributed by atoms with Crippen LogP contribution in [0.1, 0.15) is 89.9 Å². The fourth-order valence-corrected chi connectivity index (χ4v) is 3.62. The Bertz CT molecular complexity index is 121. The summed E-state index contributed by atoms with van der Waals surface area (Å²) in [5.74, 6) is 0. The molecule has 2 unspecified atom stereocenters. The zero-order valence-corrected chi connectivity index (χ0v) is 17.3. The summed E-state index contributed by atoms with van der Waals surface area (Å²) in [5, 5.41) is 2.87. The number of rotatable bonds is 15. The number of hydrogen-bond donors (Lipinski definition) is 0. The van der Waals surface area contributed by atoms with Crippen LogP contribution in [0.3, 0.4) is 0 Å². The quantitative estimate of drug-likeness (QED) is 0.290. The van der Waals surface area contributed by atoms with Crippen LogP contribution in [-0.4, -0.2) is 33.7 Å². The van der Waals surface area contributed by atoms with E-state index >= 15 is 0 Å². The summed E-state index contributed by atoms with van der Waals surface area (Å²) in [5.41, 5.74) is 0. The van der Waals surface area contributed by atoms with Gasteiger partial charge in [0.2, 0.25) is 0 Å². The Kier molecular flexibility index (Phi) is 19.2. The Labute approximate surface area is 133 Å². The van der Waals surface area contributed by atoms with Gasteiger partial charge in [-0.2, -0.15) is 0 Å². The second kappa shape index (κ2) is 18.1. The third-order valence-electron chi connectivity index (χ3n) is 3.66. The Morgan fingerprint density at radius 2 is 0.444 bits per heavy atom. The molecule has 2 heteroatoms. The van der Waals surface area contributed by atoms with Gasteiger partial charge in [-0.15, -0.1) is 0 Å². The van der Waals surface area contributed by atoms with Gasteiger partial charge in [0.15, 0.2) is 0 Å². The Morgan fingerprint density at radius 3 is 0.611 bits per heavy atom. The van der Waals surface area contributed by atoms with E-state index in [-0.39, 0.29) is 0 Å². The zero-order chi connectivity index (χ0) is 13.3. The van der Waals surface area contributed by atoms with Crippen molar-refractivity contribution >= 4 is 33.7 Å². The van der Waals surface area contributed by atoms with Gasteiger partial charge < -0.3 is 0 Å². The maximum absolute atomic E-state index is 1.90. The molecule has 0 aliphatic heterocycles. The molecule has 0 aliphatic carbocycles. The molecule has 0 radical (unpaired) electrons. The van der Waals surface area contributed by atoms with E-state index in [1.54, 1.807) is 0 Å². The van der Waals surface area contributed by atoms with Crippen molar-refractivity contribution in [2.45, 2.75) is 100 Å². The van der Waals surface area contributed by atoms with Crippen LogP contribution >= 0.6 is 0 Å². The third kappa shape index (κ3) is 17.1. The molecule has 0 spiro atoms. The van der Waals surface area contributed by atoms with Crippen LogP contribution in [0.2, 0.25) is 10.4 Å². The first-order valence-electron chi connectivity index (χ1n) is 8.32. The molecule has 0 saturated carbocycles. The molecule has 0 aliphatic rings. The fourth-order valence-electron chi connectivity index (χ4n) is 2.41. The summed E-state index contributed by atoms with van der Waals surface area (Å²) in [6.07, 6.45) is 20.8. The van der Waals surface area contributed by atoms with E-state index < -0.39 is 0 Å². The zero-order valence-electron chi connectivity index (χ0n) is 12.5. The van der Waals surface area contributed by atoms with Gasteiger partial charge in [-0.3, -0.25) is 0 Å². The summed E-state index contributed by atoms with van der Waals surface area (Å²) < 4.78 is 0. The molecule has 0 aromatic rings. The fraction of sp³-hybridized carbons (Fsp3) is 1.00. The summed E-state index contributed by atoms with van der Waals surface area (Å²) >= 11 is 3.79. The second-order valence-corrected chi connectivity index (χ2v) is 7.95. The third-order valence-corrected chi connectivity index (χ3v) is 5.37. The number of unbranched alkanes of at least 4 members (excludes halogenated alkanes) is 13. The van der Waals surface area contributed by atoms with Gasteiger partial charge in [-0.1, -0.05) is 0 Å². The minimum atomic E-state index is 1.44. The van der Waals surface area contributed by atoms with Gasteiger partial charge in [0.25, 0.3) is 0 Å². The van der Waals surface area contributed by atoms with E-state index in [1.165, 1.54) is 100 Å². The molecule has 0 rings (SSSR count). The molecular formula is C16H36As2. The van der Waals surface area contributed by atoms with Crippen LogP contribution in [0.5, 0.6) is 0 Å². The molecule has 0 aromatic heterocycles. The van der Waals surface area contributed by atoms with Crippen molar-refractivity contribution < 1.29 is 0 Å². The van der Waals surface area contributed by atoms with Gasteiger partial charge in [-0.25, -0.2) is 0 Å². The van der Waals surface area contributed by atoms with Gasteiger partial charge in [-0.05, 0) is 0 Å². The standard InChI is InChI=1S/C16H36As2/c17-15-13-11-9-7-5-3-1-2-4-6-8-10-12-14-16-18/h1-18H2. The van der Waals surface area contributed by atoms with Crippen LogP contribution in [0.4, 0.5) is 0 Å². The maximum atomic E-state index is 1.90. The van der Waals surface area contributed by atoms with Crippen LogP contribution in [-0.2, 0) is 0 Å². The van der Waals surface area contributed by atoms with E-state index in [1.807, 2.05) is 33.7 Å². The first kappa shape index (κ1) is 19.1. The average Bonchev–Trinajstić information content (AvgIpc) is 2.39. The van der Waals surface area contributed by atoms with Crippen molar-refractivity contribution in [2.75, 3.05) is 0 Å². The van der Waals surface area contributed by atoms with E-state index in [0.29, 0.717) is 0 Å². The van der Waals surface area contributed by atoms with Crippen molar-refractivity contribution in [3.63, 3.8) is 0 Å². The molecule has 0 fully saturated rings. The molecule has 110 valence electrons. The second-order valence-electron chi connectivity index (χ2n) is 5.53. The molecule has 0 nitrogen and oxygen atoms in total. The van der Waals surface area contributed by atoms with E-state index in [2.05, 4.69) is 0 Å². The van der Waals surface area contributed by atoms with Crippen molar-refractivity contribution in [1.29, 1.82) is 0 Å². The summed E-state index contributed by atoms with van der Waals surface area (Å²) in [6, 6.07) is 0. The SMILES string of the molecule is [AsH2]CCCCCCCCCCCCCCCC[AsH2]. The van der Waals surface area contributed by atoms with Crippen LogP contribution < -0.4 is 0 Å². The monoisotopic (exact) mass is 378 g/mol. The van der Waals surface area contributed by atoms with E-state index in [9.17, 15) is 0 Å². The normalized spacial score (nSPS) is 11.0. The molecule has 0 amide bonds. The topological polar surface area (TPSA) is 0 Å². The van der Waals surface area contributed by atoms with Gasteiger partial charge in [0.05, 0.1) is 0 Å². The molecule has 0 aromatic carbocycles. The minimum absolute atomic E-state index is 1.44. The first-order valence-corrected chi connectivity index (χ1v) is 11.7. The molecule has 0 N–H and O–H groups in total. The Morgan fingerprint density at radius 1 is 0.278 bits per heavy atom. The van der Waals surface area contributed by atoms with E-state index in [0.717, 1.165) is 0 Å². The molecule has 0 heterocycles. The average molecular weight is 378 g/mol. The molecule has 0 saturated heterocycles. The molecule has 0 bridgehead atoms. The Balaban J connectivity index is 2.86. The van der Waals surface area contributed by atoms with Crippen LogP contribution in [0.15, 0.2) is 0 Å². The number of hydrogen-bond acceptors (Lipinski definition) is 0. The van der Waals surface area contributed by atoms with Gasteiger partial charge >= 0.3 is 134 Å². The van der Waals surface area contributed by atoms with Crippen molar-refractivity contribution in [2.24, 2.45) is 0 Å². The van der Waals surface area contributed by atoms with Crippen molar-refractivity contribution in [1.82, 2.24) is 0 Å². The van der Waals surface area contributed by atoms with E-state index in [4.69, 9.17) is 0 Å². The Hall–Kier alpha value is 1.12. The van der Waals surface area contributed by atoms with Gasteiger partial charge in [0, 0.05) is 0 Å². The summed E-state index contributed by atoms with van der Waals surface area (Å²) in [7, 11) is 0. The van der Waals surface area contributed by atoms with Gasteiger partial charge in [0.1, 0.15) is 0 Å². The molecule has 2 atom stereocenters. The van der Waals surface area contributed by atoms with Crippen LogP contribution in [0, 0.1) is 0 Å². The van der Waals surface area contributed by atoms with Crippen LogP contribution in [0.25, 0.3) is 0 Å². The molecule has 18 heavy (non-hydrogen) atoms. The summed E-state index contributed by atoms with van der Waals surface area (Å²) in [4.78, 5) is 0. The van der Waals surface area contributed by atoms with Crippen molar-refractivity contribution in [3.05, 3.63) is 0 Å². The molecular weight excluding hydrogens is 342 g/mol. The first-order chi connectivity index (χ1) is 8.91. The van der Waals surface area contributed by atoms with Crippen molar-refractivity contribution in [3.8, 4) is 0 Å². The summed E-state index contributed by atoms with van der Waals surface area (Å²) in [6.45, 7) is 0.